The highest BCUT2D eigenvalue weighted by Gasteiger charge is 2.43. The molecule has 2 heterocycles. The maximum absolute atomic E-state index is 9.97. The molecule has 0 unspecified atom stereocenters. The Morgan fingerprint density at radius 1 is 0.731 bits per heavy atom. The number of hydrogen-bond donors (Lipinski definition) is 8. The van der Waals surface area contributed by atoms with Gasteiger partial charge in [0.25, 0.3) is 0 Å². The molecule has 0 saturated carbocycles. The predicted molar refractivity (Wildman–Crippen MR) is 89.2 cm³/mol. The average molecular weight is 372 g/mol. The summed E-state index contributed by atoms with van der Waals surface area (Å²) in [5.74, 6) is 0. The molecule has 1 aromatic rings. The molecule has 0 bridgehead atoms. The van der Waals surface area contributed by atoms with Gasteiger partial charge in [0.1, 0.15) is 36.6 Å². The van der Waals surface area contributed by atoms with Gasteiger partial charge in [0, 0.05) is 11.4 Å². The number of aliphatic hydroxyl groups is 6. The zero-order valence-electron chi connectivity index (χ0n) is 13.8. The zero-order valence-corrected chi connectivity index (χ0v) is 13.8. The molecule has 8 atom stereocenters. The van der Waals surface area contributed by atoms with Gasteiger partial charge in [-0.15, -0.1) is 0 Å². The van der Waals surface area contributed by atoms with E-state index in [0.29, 0.717) is 11.4 Å². The molecule has 26 heavy (non-hydrogen) atoms. The summed E-state index contributed by atoms with van der Waals surface area (Å²) >= 11 is 0. The van der Waals surface area contributed by atoms with Crippen LogP contribution in [0.4, 0.5) is 11.4 Å². The largest absolute Gasteiger partial charge is 0.394 e. The Morgan fingerprint density at radius 2 is 1.15 bits per heavy atom. The van der Waals surface area contributed by atoms with E-state index in [9.17, 15) is 20.4 Å². The lowest BCUT2D eigenvalue weighted by Gasteiger charge is -2.20. The quantitative estimate of drug-likeness (QED) is 0.265. The number of aliphatic hydroxyl groups excluding tert-OH is 6. The van der Waals surface area contributed by atoms with Gasteiger partial charge in [-0.1, -0.05) is 6.07 Å². The van der Waals surface area contributed by atoms with Gasteiger partial charge in [0.05, 0.1) is 13.2 Å². The van der Waals surface area contributed by atoms with Crippen LogP contribution in [0.3, 0.4) is 0 Å². The molecule has 3 rings (SSSR count). The minimum Gasteiger partial charge on any atom is -0.394 e. The molecular weight excluding hydrogens is 348 g/mol. The van der Waals surface area contributed by atoms with Crippen molar-refractivity contribution in [3.8, 4) is 0 Å². The van der Waals surface area contributed by atoms with Crippen molar-refractivity contribution >= 4 is 11.4 Å². The Hall–Kier alpha value is -1.50. The van der Waals surface area contributed by atoms with Gasteiger partial charge in [-0.05, 0) is 18.2 Å². The highest BCUT2D eigenvalue weighted by Crippen LogP contribution is 2.26. The SMILES string of the molecule is OC[C@@H]1O[C@@H](Nc2cccc(N[C@H]3O[C@H](CO)[C@H](O)[C@@H]3O)c2)[C@H](O)[C@H]1O. The maximum Gasteiger partial charge on any atom is 0.157 e. The van der Waals surface area contributed by atoms with Gasteiger partial charge < -0.3 is 50.7 Å². The monoisotopic (exact) mass is 372 g/mol. The van der Waals surface area contributed by atoms with Crippen molar-refractivity contribution in [2.45, 2.75) is 49.1 Å². The van der Waals surface area contributed by atoms with E-state index in [1.54, 1.807) is 24.3 Å². The molecule has 2 saturated heterocycles. The molecule has 2 fully saturated rings. The van der Waals surface area contributed by atoms with Gasteiger partial charge in [-0.3, -0.25) is 0 Å². The van der Waals surface area contributed by atoms with Crippen molar-refractivity contribution in [3.63, 3.8) is 0 Å². The van der Waals surface area contributed by atoms with Crippen LogP contribution < -0.4 is 10.6 Å². The number of benzene rings is 1. The van der Waals surface area contributed by atoms with Gasteiger partial charge in [-0.2, -0.15) is 0 Å². The van der Waals surface area contributed by atoms with Crippen molar-refractivity contribution in [1.29, 1.82) is 0 Å². The molecule has 8 N–H and O–H groups in total. The Morgan fingerprint density at radius 3 is 1.50 bits per heavy atom. The number of rotatable bonds is 6. The Labute approximate surface area is 149 Å². The van der Waals surface area contributed by atoms with Crippen LogP contribution in [0.25, 0.3) is 0 Å². The van der Waals surface area contributed by atoms with Crippen LogP contribution in [-0.4, -0.2) is 92.9 Å². The Kier molecular flexibility index (Phi) is 5.95. The lowest BCUT2D eigenvalue weighted by atomic mass is 10.1. The van der Waals surface area contributed by atoms with Crippen LogP contribution in [0.5, 0.6) is 0 Å². The van der Waals surface area contributed by atoms with E-state index in [1.807, 2.05) is 0 Å². The van der Waals surface area contributed by atoms with Crippen molar-refractivity contribution in [2.75, 3.05) is 23.8 Å². The van der Waals surface area contributed by atoms with Crippen molar-refractivity contribution < 1.29 is 40.1 Å². The van der Waals surface area contributed by atoms with Gasteiger partial charge >= 0.3 is 0 Å². The van der Waals surface area contributed by atoms with E-state index < -0.39 is 62.3 Å². The van der Waals surface area contributed by atoms with Gasteiger partial charge in [-0.25, -0.2) is 0 Å². The first-order valence-corrected chi connectivity index (χ1v) is 8.32. The van der Waals surface area contributed by atoms with Crippen LogP contribution in [0, 0.1) is 0 Å². The summed E-state index contributed by atoms with van der Waals surface area (Å²) in [6.45, 7) is -0.827. The zero-order chi connectivity index (χ0) is 18.8. The molecule has 0 aliphatic carbocycles. The molecule has 0 spiro atoms. The smallest absolute Gasteiger partial charge is 0.157 e. The first-order chi connectivity index (χ1) is 12.4. The maximum atomic E-state index is 9.97. The summed E-state index contributed by atoms with van der Waals surface area (Å²) in [4.78, 5) is 0. The van der Waals surface area contributed by atoms with Gasteiger partial charge in [0.2, 0.25) is 0 Å². The average Bonchev–Trinajstić information content (AvgIpc) is 3.06. The van der Waals surface area contributed by atoms with Crippen molar-refractivity contribution in [3.05, 3.63) is 24.3 Å². The molecule has 10 nitrogen and oxygen atoms in total. The molecule has 0 aromatic heterocycles. The Bertz CT molecular complexity index is 558. The second kappa shape index (κ2) is 8.03. The molecule has 0 radical (unpaired) electrons. The third-order valence-electron chi connectivity index (χ3n) is 4.57. The highest BCUT2D eigenvalue weighted by molar-refractivity contribution is 5.57. The van der Waals surface area contributed by atoms with Crippen LogP contribution in [-0.2, 0) is 9.47 Å². The van der Waals surface area contributed by atoms with Crippen LogP contribution in [0.15, 0.2) is 24.3 Å². The molecule has 0 amide bonds. The van der Waals surface area contributed by atoms with E-state index >= 15 is 0 Å². The number of hydrogen-bond acceptors (Lipinski definition) is 10. The molecule has 146 valence electrons. The van der Waals surface area contributed by atoms with E-state index in [4.69, 9.17) is 19.7 Å². The summed E-state index contributed by atoms with van der Waals surface area (Å²) in [6.07, 6.45) is -8.34. The fraction of sp³-hybridized carbons (Fsp3) is 0.625. The number of ether oxygens (including phenoxy) is 2. The Balaban J connectivity index is 1.64. The third kappa shape index (κ3) is 3.77. The molecule has 10 heteroatoms. The lowest BCUT2D eigenvalue weighted by molar-refractivity contribution is -0.0154. The normalized spacial score (nSPS) is 39.9. The second-order valence-corrected chi connectivity index (χ2v) is 6.39. The summed E-state index contributed by atoms with van der Waals surface area (Å²) in [6, 6.07) is 6.77. The summed E-state index contributed by atoms with van der Waals surface area (Å²) < 4.78 is 10.7. The highest BCUT2D eigenvalue weighted by atomic mass is 16.6. The minimum atomic E-state index is -1.20. The fourth-order valence-electron chi connectivity index (χ4n) is 3.06. The second-order valence-electron chi connectivity index (χ2n) is 6.39. The summed E-state index contributed by atoms with van der Waals surface area (Å²) in [5.41, 5.74) is 1.10. The van der Waals surface area contributed by atoms with E-state index in [0.717, 1.165) is 0 Å². The topological polar surface area (TPSA) is 164 Å². The number of nitrogens with one attached hydrogen (secondary N) is 2. The van der Waals surface area contributed by atoms with E-state index in [-0.39, 0.29) is 0 Å². The van der Waals surface area contributed by atoms with Gasteiger partial charge in [0.15, 0.2) is 12.5 Å². The molecule has 1 aromatic carbocycles. The first-order valence-electron chi connectivity index (χ1n) is 8.32. The van der Waals surface area contributed by atoms with Crippen molar-refractivity contribution in [2.24, 2.45) is 0 Å². The standard InChI is InChI=1S/C16H24N2O8/c19-5-9-11(21)13(23)15(25-9)17-7-2-1-3-8(4-7)18-16-14(24)12(22)10(6-20)26-16/h1-4,9-24H,5-6H2/t9-,10+,11-,12-,13+,14-,15+,16-/m0/s1. The first kappa shape index (κ1) is 19.3. The molecule has 2 aliphatic heterocycles. The van der Waals surface area contributed by atoms with Crippen LogP contribution in [0.2, 0.25) is 0 Å². The minimum absolute atomic E-state index is 0.413. The number of anilines is 2. The van der Waals surface area contributed by atoms with Crippen molar-refractivity contribution in [1.82, 2.24) is 0 Å². The lowest BCUT2D eigenvalue weighted by Crippen LogP contribution is -2.37. The van der Waals surface area contributed by atoms with Crippen LogP contribution >= 0.6 is 0 Å². The summed E-state index contributed by atoms with van der Waals surface area (Å²) in [7, 11) is 0. The van der Waals surface area contributed by atoms with E-state index in [2.05, 4.69) is 10.6 Å². The molecular formula is C16H24N2O8. The third-order valence-corrected chi connectivity index (χ3v) is 4.57. The fourth-order valence-corrected chi connectivity index (χ4v) is 3.06. The molecule has 2 aliphatic rings. The summed E-state index contributed by atoms with van der Waals surface area (Å²) in [5, 5.41) is 63.6. The van der Waals surface area contributed by atoms with Crippen LogP contribution in [0.1, 0.15) is 0 Å². The predicted octanol–water partition coefficient (Wildman–Crippen LogP) is -2.61. The van der Waals surface area contributed by atoms with E-state index in [1.165, 1.54) is 0 Å².